The highest BCUT2D eigenvalue weighted by atomic mass is 127. The predicted octanol–water partition coefficient (Wildman–Crippen LogP) is 4.17. The largest absolute Gasteiger partial charge is 0.490 e. The quantitative estimate of drug-likeness (QED) is 0.345. The average molecular weight is 487 g/mol. The smallest absolute Gasteiger partial charge is 0.191 e. The zero-order valence-corrected chi connectivity index (χ0v) is 19.0. The minimum Gasteiger partial charge on any atom is -0.490 e. The molecule has 2 aliphatic rings. The Labute approximate surface area is 180 Å². The molecular weight excluding hydrogens is 453 g/mol. The fourth-order valence-electron chi connectivity index (χ4n) is 3.73. The molecule has 1 aliphatic heterocycles. The van der Waals surface area contributed by atoms with E-state index in [2.05, 4.69) is 40.7 Å². The lowest BCUT2D eigenvalue weighted by molar-refractivity contribution is 0.105. The molecule has 3 rings (SSSR count). The van der Waals surface area contributed by atoms with Crippen molar-refractivity contribution in [2.45, 2.75) is 70.6 Å². The Bertz CT molecular complexity index is 597. The molecule has 152 valence electrons. The van der Waals surface area contributed by atoms with Gasteiger partial charge in [-0.15, -0.1) is 24.0 Å². The van der Waals surface area contributed by atoms with Crippen molar-refractivity contribution in [3.8, 4) is 5.75 Å². The number of aryl methyl sites for hydroxylation is 1. The second-order valence-electron chi connectivity index (χ2n) is 7.41. The second-order valence-corrected chi connectivity index (χ2v) is 7.41. The minimum atomic E-state index is 0. The van der Waals surface area contributed by atoms with E-state index in [0.717, 1.165) is 31.3 Å². The molecule has 0 spiro atoms. The fourth-order valence-corrected chi connectivity index (χ4v) is 3.73. The lowest BCUT2D eigenvalue weighted by Crippen LogP contribution is -2.38. The van der Waals surface area contributed by atoms with Crippen LogP contribution in [-0.4, -0.2) is 38.4 Å². The van der Waals surface area contributed by atoms with Crippen LogP contribution in [-0.2, 0) is 11.3 Å². The molecule has 0 bridgehead atoms. The van der Waals surface area contributed by atoms with E-state index in [-0.39, 0.29) is 24.0 Å². The Morgan fingerprint density at radius 1 is 1.19 bits per heavy atom. The maximum absolute atomic E-state index is 6.29. The molecule has 1 saturated heterocycles. The van der Waals surface area contributed by atoms with Crippen molar-refractivity contribution in [1.29, 1.82) is 0 Å². The highest BCUT2D eigenvalue weighted by molar-refractivity contribution is 14.0. The summed E-state index contributed by atoms with van der Waals surface area (Å²) >= 11 is 0. The first-order chi connectivity index (χ1) is 12.7. The van der Waals surface area contributed by atoms with E-state index in [1.54, 1.807) is 0 Å². The molecule has 1 saturated carbocycles. The van der Waals surface area contributed by atoms with E-state index < -0.39 is 0 Å². The summed E-state index contributed by atoms with van der Waals surface area (Å²) in [5.41, 5.74) is 2.42. The highest BCUT2D eigenvalue weighted by Gasteiger charge is 2.18. The van der Waals surface area contributed by atoms with Gasteiger partial charge in [0.25, 0.3) is 0 Å². The van der Waals surface area contributed by atoms with Gasteiger partial charge in [0.1, 0.15) is 5.75 Å². The Morgan fingerprint density at radius 2 is 2.00 bits per heavy atom. The molecule has 5 nitrogen and oxygen atoms in total. The van der Waals surface area contributed by atoms with Crippen molar-refractivity contribution in [2.75, 3.05) is 20.2 Å². The maximum atomic E-state index is 6.29. The van der Waals surface area contributed by atoms with Crippen LogP contribution < -0.4 is 15.4 Å². The van der Waals surface area contributed by atoms with Gasteiger partial charge < -0.3 is 20.1 Å². The summed E-state index contributed by atoms with van der Waals surface area (Å²) in [6, 6.07) is 6.46. The van der Waals surface area contributed by atoms with Crippen LogP contribution in [0, 0.1) is 6.92 Å². The average Bonchev–Trinajstić information content (AvgIpc) is 3.33. The third-order valence-corrected chi connectivity index (χ3v) is 5.27. The molecule has 6 heteroatoms. The van der Waals surface area contributed by atoms with Crippen LogP contribution in [0.25, 0.3) is 0 Å². The minimum absolute atomic E-state index is 0. The molecule has 1 heterocycles. The molecule has 1 unspecified atom stereocenters. The molecule has 0 aromatic heterocycles. The molecule has 1 aliphatic carbocycles. The highest BCUT2D eigenvalue weighted by Crippen LogP contribution is 2.27. The van der Waals surface area contributed by atoms with Crippen molar-refractivity contribution < 1.29 is 9.47 Å². The van der Waals surface area contributed by atoms with Crippen LogP contribution >= 0.6 is 24.0 Å². The predicted molar refractivity (Wildman–Crippen MR) is 121 cm³/mol. The molecule has 0 radical (unpaired) electrons. The van der Waals surface area contributed by atoms with Gasteiger partial charge >= 0.3 is 0 Å². The van der Waals surface area contributed by atoms with Crippen LogP contribution in [0.3, 0.4) is 0 Å². The van der Waals surface area contributed by atoms with Gasteiger partial charge in [0.05, 0.1) is 12.2 Å². The molecule has 2 fully saturated rings. The molecular formula is C21H34IN3O2. The number of aliphatic imine (C=N–C) groups is 1. The Hall–Kier alpha value is -1.02. The van der Waals surface area contributed by atoms with Crippen molar-refractivity contribution in [1.82, 2.24) is 10.6 Å². The topological polar surface area (TPSA) is 54.9 Å². The van der Waals surface area contributed by atoms with E-state index in [0.29, 0.717) is 18.8 Å². The summed E-state index contributed by atoms with van der Waals surface area (Å²) in [6.07, 6.45) is 9.09. The molecule has 27 heavy (non-hydrogen) atoms. The van der Waals surface area contributed by atoms with Crippen LogP contribution in [0.15, 0.2) is 23.2 Å². The first-order valence-corrected chi connectivity index (χ1v) is 10.1. The van der Waals surface area contributed by atoms with Crippen molar-refractivity contribution in [2.24, 2.45) is 4.99 Å². The number of hydrogen-bond donors (Lipinski definition) is 2. The SMILES string of the molecule is CN=C(NCCC1CCCO1)NCc1ccc(C)cc1OC1CCCC1.I. The van der Waals surface area contributed by atoms with Crippen molar-refractivity contribution >= 4 is 29.9 Å². The van der Waals surface area contributed by atoms with Gasteiger partial charge in [0.15, 0.2) is 5.96 Å². The molecule has 1 aromatic carbocycles. The summed E-state index contributed by atoms with van der Waals surface area (Å²) in [5.74, 6) is 1.84. The van der Waals surface area contributed by atoms with E-state index in [1.807, 2.05) is 7.05 Å². The van der Waals surface area contributed by atoms with E-state index >= 15 is 0 Å². The first kappa shape index (κ1) is 22.3. The van der Waals surface area contributed by atoms with Crippen LogP contribution in [0.1, 0.15) is 56.1 Å². The number of halogens is 1. The second kappa shape index (κ2) is 11.7. The van der Waals surface area contributed by atoms with Gasteiger partial charge in [-0.05, 0) is 63.5 Å². The van der Waals surface area contributed by atoms with E-state index in [9.17, 15) is 0 Å². The van der Waals surface area contributed by atoms with Gasteiger partial charge in [-0.1, -0.05) is 12.1 Å². The summed E-state index contributed by atoms with van der Waals surface area (Å²) in [6.45, 7) is 4.62. The van der Waals surface area contributed by atoms with Crippen molar-refractivity contribution in [3.05, 3.63) is 29.3 Å². The van der Waals surface area contributed by atoms with E-state index in [1.165, 1.54) is 49.7 Å². The Kier molecular flexibility index (Phi) is 9.68. The van der Waals surface area contributed by atoms with Gasteiger partial charge in [-0.3, -0.25) is 4.99 Å². The standard InChI is InChI=1S/C21H33N3O2.HI/c1-16-9-10-17(20(14-16)26-19-6-3-4-7-19)15-24-21(22-2)23-12-11-18-8-5-13-25-18;/h9-10,14,18-19H,3-8,11-13,15H2,1-2H3,(H2,22,23,24);1H. The van der Waals surface area contributed by atoms with Gasteiger partial charge in [0.2, 0.25) is 0 Å². The number of benzene rings is 1. The summed E-state index contributed by atoms with van der Waals surface area (Å²) < 4.78 is 12.0. The Balaban J connectivity index is 0.00000261. The lowest BCUT2D eigenvalue weighted by Gasteiger charge is -2.19. The van der Waals surface area contributed by atoms with E-state index in [4.69, 9.17) is 9.47 Å². The fraction of sp³-hybridized carbons (Fsp3) is 0.667. The number of nitrogens with zero attached hydrogens (tertiary/aromatic N) is 1. The molecule has 1 aromatic rings. The molecule has 1 atom stereocenters. The number of hydrogen-bond acceptors (Lipinski definition) is 3. The zero-order valence-electron chi connectivity index (χ0n) is 16.6. The number of nitrogens with one attached hydrogen (secondary N) is 2. The van der Waals surface area contributed by atoms with Crippen LogP contribution in [0.2, 0.25) is 0 Å². The van der Waals surface area contributed by atoms with Gasteiger partial charge in [-0.2, -0.15) is 0 Å². The Morgan fingerprint density at radius 3 is 2.70 bits per heavy atom. The first-order valence-electron chi connectivity index (χ1n) is 10.1. The summed E-state index contributed by atoms with van der Waals surface area (Å²) in [4.78, 5) is 4.33. The number of ether oxygens (including phenoxy) is 2. The third-order valence-electron chi connectivity index (χ3n) is 5.27. The number of rotatable bonds is 7. The molecule has 0 amide bonds. The third kappa shape index (κ3) is 7.14. The molecule has 2 N–H and O–H groups in total. The maximum Gasteiger partial charge on any atom is 0.191 e. The summed E-state index contributed by atoms with van der Waals surface area (Å²) in [7, 11) is 1.81. The monoisotopic (exact) mass is 487 g/mol. The lowest BCUT2D eigenvalue weighted by atomic mass is 10.1. The normalized spacial score (nSPS) is 20.4. The summed E-state index contributed by atoms with van der Waals surface area (Å²) in [5, 5.41) is 6.80. The van der Waals surface area contributed by atoms with Crippen LogP contribution in [0.5, 0.6) is 5.75 Å². The van der Waals surface area contributed by atoms with Crippen molar-refractivity contribution in [3.63, 3.8) is 0 Å². The van der Waals surface area contributed by atoms with Crippen LogP contribution in [0.4, 0.5) is 0 Å². The zero-order chi connectivity index (χ0) is 18.2. The van der Waals surface area contributed by atoms with Gasteiger partial charge in [0, 0.05) is 32.3 Å². The van der Waals surface area contributed by atoms with Gasteiger partial charge in [-0.25, -0.2) is 0 Å². The number of guanidine groups is 1.